The lowest BCUT2D eigenvalue weighted by Gasteiger charge is -2.35. The molecule has 0 atom stereocenters. The average Bonchev–Trinajstić information content (AvgIpc) is 3.07. The van der Waals surface area contributed by atoms with Gasteiger partial charge in [0.05, 0.1) is 11.9 Å². The van der Waals surface area contributed by atoms with Crippen molar-refractivity contribution in [2.24, 2.45) is 0 Å². The Kier molecular flexibility index (Phi) is 6.29. The van der Waals surface area contributed by atoms with Crippen molar-refractivity contribution in [2.45, 2.75) is 13.8 Å². The number of anilines is 1. The van der Waals surface area contributed by atoms with Crippen LogP contribution in [0.4, 0.5) is 14.5 Å². The third-order valence-corrected chi connectivity index (χ3v) is 5.49. The van der Waals surface area contributed by atoms with Gasteiger partial charge in [0.2, 0.25) is 5.28 Å². The van der Waals surface area contributed by atoms with Gasteiger partial charge in [-0.15, -0.1) is 0 Å². The van der Waals surface area contributed by atoms with Crippen LogP contribution in [0.25, 0.3) is 11.9 Å². The summed E-state index contributed by atoms with van der Waals surface area (Å²) >= 11 is 5.97. The van der Waals surface area contributed by atoms with Crippen molar-refractivity contribution in [3.05, 3.63) is 70.4 Å². The third kappa shape index (κ3) is 5.08. The Balaban J connectivity index is 1.35. The van der Waals surface area contributed by atoms with Gasteiger partial charge in [-0.3, -0.25) is 4.90 Å². The zero-order chi connectivity index (χ0) is 22.0. The number of benzene rings is 1. The second kappa shape index (κ2) is 9.11. The Bertz CT molecular complexity index is 1060. The molecule has 0 saturated carbocycles. The number of halogens is 3. The van der Waals surface area contributed by atoms with E-state index in [1.54, 1.807) is 10.9 Å². The van der Waals surface area contributed by atoms with E-state index in [-0.39, 0.29) is 5.28 Å². The van der Waals surface area contributed by atoms with Crippen LogP contribution in [0.15, 0.2) is 36.5 Å². The highest BCUT2D eigenvalue weighted by Crippen LogP contribution is 2.20. The van der Waals surface area contributed by atoms with Gasteiger partial charge in [-0.25, -0.2) is 18.4 Å². The van der Waals surface area contributed by atoms with Crippen LogP contribution in [0.3, 0.4) is 0 Å². The molecule has 0 amide bonds. The van der Waals surface area contributed by atoms with Gasteiger partial charge >= 0.3 is 0 Å². The predicted molar refractivity (Wildman–Crippen MR) is 118 cm³/mol. The Morgan fingerprint density at radius 1 is 1.00 bits per heavy atom. The van der Waals surface area contributed by atoms with E-state index in [0.717, 1.165) is 55.7 Å². The summed E-state index contributed by atoms with van der Waals surface area (Å²) in [5, 5.41) is 4.62. The van der Waals surface area contributed by atoms with E-state index in [2.05, 4.69) is 26.0 Å². The molecule has 0 radical (unpaired) electrons. The van der Waals surface area contributed by atoms with Crippen LogP contribution in [0.5, 0.6) is 0 Å². The largest absolute Gasteiger partial charge is 0.369 e. The summed E-state index contributed by atoms with van der Waals surface area (Å²) in [4.78, 5) is 12.6. The lowest BCUT2D eigenvalue weighted by Crippen LogP contribution is -2.46. The molecule has 3 aromatic rings. The highest BCUT2D eigenvalue weighted by atomic mass is 35.5. The molecule has 1 aliphatic rings. The lowest BCUT2D eigenvalue weighted by atomic mass is 10.2. The molecule has 0 aliphatic carbocycles. The summed E-state index contributed by atoms with van der Waals surface area (Å²) in [5.74, 6) is -0.453. The predicted octanol–water partition coefficient (Wildman–Crippen LogP) is 4.05. The molecule has 4 rings (SSSR count). The maximum absolute atomic E-state index is 13.5. The van der Waals surface area contributed by atoms with Crippen molar-refractivity contribution >= 4 is 23.4 Å². The highest BCUT2D eigenvalue weighted by molar-refractivity contribution is 6.28. The molecule has 0 spiro atoms. The minimum absolute atomic E-state index is 0.196. The maximum Gasteiger partial charge on any atom is 0.224 e. The van der Waals surface area contributed by atoms with Crippen molar-refractivity contribution in [3.63, 3.8) is 0 Å². The van der Waals surface area contributed by atoms with E-state index in [1.807, 2.05) is 30.9 Å². The zero-order valence-corrected chi connectivity index (χ0v) is 18.2. The molecule has 6 nitrogen and oxygen atoms in total. The topological polar surface area (TPSA) is 50.1 Å². The van der Waals surface area contributed by atoms with E-state index in [1.165, 1.54) is 12.1 Å². The van der Waals surface area contributed by atoms with Gasteiger partial charge in [0.15, 0.2) is 5.82 Å². The second-order valence-electron chi connectivity index (χ2n) is 7.55. The molecule has 1 fully saturated rings. The quantitative estimate of drug-likeness (QED) is 0.556. The van der Waals surface area contributed by atoms with Crippen LogP contribution in [0.1, 0.15) is 17.0 Å². The van der Waals surface area contributed by atoms with Crippen LogP contribution in [0, 0.1) is 25.5 Å². The summed E-state index contributed by atoms with van der Waals surface area (Å²) in [5.41, 5.74) is 3.34. The van der Waals surface area contributed by atoms with E-state index in [4.69, 9.17) is 11.6 Å². The van der Waals surface area contributed by atoms with Crippen molar-refractivity contribution < 1.29 is 8.78 Å². The number of hydrogen-bond donors (Lipinski definition) is 0. The normalized spacial score (nSPS) is 15.2. The van der Waals surface area contributed by atoms with Crippen LogP contribution < -0.4 is 4.90 Å². The number of rotatable bonds is 5. The fourth-order valence-corrected chi connectivity index (χ4v) is 3.90. The minimum Gasteiger partial charge on any atom is -0.369 e. The maximum atomic E-state index is 13.5. The van der Waals surface area contributed by atoms with Crippen molar-refractivity contribution in [2.75, 3.05) is 37.6 Å². The molecule has 2 aromatic heterocycles. The van der Waals surface area contributed by atoms with Gasteiger partial charge in [0.25, 0.3) is 0 Å². The van der Waals surface area contributed by atoms with Gasteiger partial charge in [-0.2, -0.15) is 10.1 Å². The average molecular weight is 445 g/mol. The van der Waals surface area contributed by atoms with Crippen molar-refractivity contribution in [3.8, 4) is 5.82 Å². The lowest BCUT2D eigenvalue weighted by molar-refractivity contribution is 0.284. The van der Waals surface area contributed by atoms with Crippen LogP contribution in [-0.2, 0) is 0 Å². The molecule has 0 N–H and O–H groups in total. The second-order valence-corrected chi connectivity index (χ2v) is 7.89. The Hall–Kier alpha value is -2.84. The fourth-order valence-electron chi connectivity index (χ4n) is 3.68. The third-order valence-electron chi connectivity index (χ3n) is 5.32. The molecule has 3 heterocycles. The summed E-state index contributed by atoms with van der Waals surface area (Å²) < 4.78 is 28.7. The molecule has 162 valence electrons. The Morgan fingerprint density at radius 2 is 1.71 bits per heavy atom. The summed E-state index contributed by atoms with van der Waals surface area (Å²) in [6.45, 7) is 7.71. The molecule has 9 heteroatoms. The molecule has 1 aromatic carbocycles. The highest BCUT2D eigenvalue weighted by Gasteiger charge is 2.17. The summed E-state index contributed by atoms with van der Waals surface area (Å²) in [6, 6.07) is 5.50. The summed E-state index contributed by atoms with van der Waals surface area (Å²) in [6.07, 6.45) is 5.94. The van der Waals surface area contributed by atoms with Crippen LogP contribution in [-0.4, -0.2) is 57.4 Å². The van der Waals surface area contributed by atoms with E-state index >= 15 is 0 Å². The first-order valence-corrected chi connectivity index (χ1v) is 10.4. The van der Waals surface area contributed by atoms with Gasteiger partial charge < -0.3 is 4.90 Å². The number of nitrogens with zero attached hydrogens (tertiary/aromatic N) is 6. The molecular weight excluding hydrogens is 422 g/mol. The molecular formula is C22H23ClF2N6. The van der Waals surface area contributed by atoms with Crippen molar-refractivity contribution in [1.29, 1.82) is 0 Å². The first-order chi connectivity index (χ1) is 14.9. The molecule has 0 bridgehead atoms. The van der Waals surface area contributed by atoms with Crippen molar-refractivity contribution in [1.82, 2.24) is 24.6 Å². The van der Waals surface area contributed by atoms with Gasteiger partial charge in [-0.1, -0.05) is 12.2 Å². The zero-order valence-electron chi connectivity index (χ0n) is 17.4. The van der Waals surface area contributed by atoms with Gasteiger partial charge in [0.1, 0.15) is 11.6 Å². The number of aromatic nitrogens is 4. The molecule has 1 saturated heterocycles. The molecule has 0 unspecified atom stereocenters. The van der Waals surface area contributed by atoms with Gasteiger partial charge in [0, 0.05) is 61.8 Å². The standard InChI is InChI=1S/C22H23ClF2N6/c1-15-10-21(28-22(23)27-15)31-16(2)17(14-26-31)4-3-5-29-6-8-30(9-7-29)20-12-18(24)11-19(25)13-20/h3-4,10-14H,5-9H2,1-2H3. The summed E-state index contributed by atoms with van der Waals surface area (Å²) in [7, 11) is 0. The van der Waals surface area contributed by atoms with Gasteiger partial charge in [-0.05, 0) is 37.6 Å². The van der Waals surface area contributed by atoms with E-state index < -0.39 is 11.6 Å². The first-order valence-electron chi connectivity index (χ1n) is 10.0. The van der Waals surface area contributed by atoms with E-state index in [9.17, 15) is 8.78 Å². The smallest absolute Gasteiger partial charge is 0.224 e. The first kappa shape index (κ1) is 21.4. The number of piperazine rings is 1. The van der Waals surface area contributed by atoms with E-state index in [0.29, 0.717) is 11.5 Å². The number of hydrogen-bond acceptors (Lipinski definition) is 5. The SMILES string of the molecule is Cc1cc(-n2ncc(C=CCN3CCN(c4cc(F)cc(F)c4)CC3)c2C)nc(Cl)n1. The van der Waals surface area contributed by atoms with Crippen LogP contribution >= 0.6 is 11.6 Å². The minimum atomic E-state index is -0.546. The molecule has 1 aliphatic heterocycles. The van der Waals surface area contributed by atoms with Crippen LogP contribution in [0.2, 0.25) is 5.28 Å². The fraction of sp³-hybridized carbons (Fsp3) is 0.318. The molecule has 31 heavy (non-hydrogen) atoms. The number of aryl methyl sites for hydroxylation is 1. The Labute approximate surface area is 184 Å². The monoisotopic (exact) mass is 444 g/mol. The Morgan fingerprint density at radius 3 is 2.39 bits per heavy atom.